The van der Waals surface area contributed by atoms with E-state index in [4.69, 9.17) is 0 Å². The lowest BCUT2D eigenvalue weighted by atomic mass is 10.5. The van der Waals surface area contributed by atoms with Gasteiger partial charge in [-0.05, 0) is 19.1 Å². The lowest BCUT2D eigenvalue weighted by Gasteiger charge is -2.02. The number of esters is 1. The molecule has 0 spiro atoms. The van der Waals surface area contributed by atoms with Crippen LogP contribution in [0.25, 0.3) is 0 Å². The Morgan fingerprint density at radius 3 is 2.85 bits per heavy atom. The second-order valence-electron chi connectivity index (χ2n) is 3.97. The highest BCUT2D eigenvalue weighted by Gasteiger charge is 2.17. The molecule has 0 bridgehead atoms. The predicted molar refractivity (Wildman–Crippen MR) is 74.1 cm³/mol. The first-order valence-electron chi connectivity index (χ1n) is 5.59. The van der Waals surface area contributed by atoms with Gasteiger partial charge in [-0.25, -0.2) is 8.42 Å². The molecule has 0 aliphatic rings. The first-order chi connectivity index (χ1) is 9.40. The third kappa shape index (κ3) is 3.36. The highest BCUT2D eigenvalue weighted by molar-refractivity contribution is 7.94. The Labute approximate surface area is 120 Å². The van der Waals surface area contributed by atoms with Crippen LogP contribution in [-0.2, 0) is 26.1 Å². The standard InChI is InChI=1S/C11H13N3O4S2/c1-8-3-4-11(19-8)20(16,17)13-9-5-12-14(6-9)7-10(15)18-2/h3-6,13H,7H2,1-2H3. The minimum Gasteiger partial charge on any atom is -0.468 e. The van der Waals surface area contributed by atoms with Gasteiger partial charge in [-0.1, -0.05) is 0 Å². The zero-order valence-corrected chi connectivity index (χ0v) is 12.5. The molecule has 0 aliphatic heterocycles. The fourth-order valence-electron chi connectivity index (χ4n) is 1.46. The van der Waals surface area contributed by atoms with Crippen molar-refractivity contribution in [1.29, 1.82) is 0 Å². The zero-order chi connectivity index (χ0) is 14.8. The molecule has 0 fully saturated rings. The van der Waals surface area contributed by atoms with E-state index < -0.39 is 16.0 Å². The van der Waals surface area contributed by atoms with E-state index in [2.05, 4.69) is 14.6 Å². The highest BCUT2D eigenvalue weighted by Crippen LogP contribution is 2.23. The summed E-state index contributed by atoms with van der Waals surface area (Å²) in [7, 11) is -2.34. The average Bonchev–Trinajstić information content (AvgIpc) is 2.98. The normalized spacial score (nSPS) is 11.3. The number of methoxy groups -OCH3 is 1. The van der Waals surface area contributed by atoms with Gasteiger partial charge in [0.05, 0.1) is 19.0 Å². The number of aryl methyl sites for hydroxylation is 1. The van der Waals surface area contributed by atoms with E-state index in [-0.39, 0.29) is 10.8 Å². The van der Waals surface area contributed by atoms with Crippen LogP contribution in [0.3, 0.4) is 0 Å². The van der Waals surface area contributed by atoms with Gasteiger partial charge in [0.1, 0.15) is 10.8 Å². The summed E-state index contributed by atoms with van der Waals surface area (Å²) in [6.45, 7) is 1.76. The molecule has 0 saturated carbocycles. The van der Waals surface area contributed by atoms with Gasteiger partial charge in [0.2, 0.25) is 0 Å². The zero-order valence-electron chi connectivity index (χ0n) is 10.9. The van der Waals surface area contributed by atoms with E-state index in [9.17, 15) is 13.2 Å². The maximum atomic E-state index is 12.1. The molecule has 0 atom stereocenters. The van der Waals surface area contributed by atoms with Crippen molar-refractivity contribution in [3.05, 3.63) is 29.4 Å². The van der Waals surface area contributed by atoms with Crippen LogP contribution in [0.5, 0.6) is 0 Å². The quantitative estimate of drug-likeness (QED) is 0.838. The summed E-state index contributed by atoms with van der Waals surface area (Å²) in [4.78, 5) is 12.0. The lowest BCUT2D eigenvalue weighted by Crippen LogP contribution is -2.12. The van der Waals surface area contributed by atoms with Gasteiger partial charge in [0.25, 0.3) is 10.0 Å². The number of sulfonamides is 1. The topological polar surface area (TPSA) is 90.3 Å². The van der Waals surface area contributed by atoms with E-state index >= 15 is 0 Å². The van der Waals surface area contributed by atoms with E-state index in [0.29, 0.717) is 5.69 Å². The maximum Gasteiger partial charge on any atom is 0.327 e. The van der Waals surface area contributed by atoms with Crippen LogP contribution in [0, 0.1) is 6.92 Å². The number of hydrogen-bond acceptors (Lipinski definition) is 6. The molecule has 1 N–H and O–H groups in total. The van der Waals surface area contributed by atoms with Crippen LogP contribution in [0.2, 0.25) is 0 Å². The Balaban J connectivity index is 2.12. The van der Waals surface area contributed by atoms with Gasteiger partial charge in [0, 0.05) is 11.1 Å². The van der Waals surface area contributed by atoms with Crippen molar-refractivity contribution in [1.82, 2.24) is 9.78 Å². The van der Waals surface area contributed by atoms with Crippen molar-refractivity contribution in [2.45, 2.75) is 17.7 Å². The number of nitrogens with one attached hydrogen (secondary N) is 1. The van der Waals surface area contributed by atoms with Gasteiger partial charge >= 0.3 is 5.97 Å². The molecule has 7 nitrogen and oxygen atoms in total. The van der Waals surface area contributed by atoms with E-state index in [0.717, 1.165) is 4.88 Å². The molecule has 0 aromatic carbocycles. The number of ether oxygens (including phenoxy) is 1. The third-order valence-corrected chi connectivity index (χ3v) is 5.26. The Morgan fingerprint density at radius 1 is 1.50 bits per heavy atom. The van der Waals surface area contributed by atoms with Crippen LogP contribution >= 0.6 is 11.3 Å². The number of carbonyl (C=O) groups is 1. The summed E-state index contributed by atoms with van der Waals surface area (Å²) in [6.07, 6.45) is 2.76. The first kappa shape index (κ1) is 14.5. The minimum absolute atomic E-state index is 0.0731. The number of carbonyl (C=O) groups excluding carboxylic acids is 1. The Bertz CT molecular complexity index is 718. The molecule has 0 radical (unpaired) electrons. The SMILES string of the molecule is COC(=O)Cn1cc(NS(=O)(=O)c2ccc(C)s2)cn1. The molecule has 0 unspecified atom stereocenters. The van der Waals surface area contributed by atoms with Crippen LogP contribution in [0.1, 0.15) is 4.88 Å². The molecule has 2 aromatic rings. The lowest BCUT2D eigenvalue weighted by molar-refractivity contribution is -0.141. The summed E-state index contributed by atoms with van der Waals surface area (Å²) >= 11 is 1.18. The molecule has 0 amide bonds. The molecule has 20 heavy (non-hydrogen) atoms. The summed E-state index contributed by atoms with van der Waals surface area (Å²) < 4.78 is 32.6. The number of thiophene rings is 1. The smallest absolute Gasteiger partial charge is 0.327 e. The number of aromatic nitrogens is 2. The van der Waals surface area contributed by atoms with Crippen molar-refractivity contribution in [2.24, 2.45) is 0 Å². The molecular formula is C11H13N3O4S2. The van der Waals surface area contributed by atoms with Crippen molar-refractivity contribution in [2.75, 3.05) is 11.8 Å². The number of nitrogens with zero attached hydrogens (tertiary/aromatic N) is 2. The molecule has 9 heteroatoms. The molecule has 0 saturated heterocycles. The average molecular weight is 315 g/mol. The van der Waals surface area contributed by atoms with Crippen molar-refractivity contribution < 1.29 is 17.9 Å². The maximum absolute atomic E-state index is 12.1. The van der Waals surface area contributed by atoms with Gasteiger partial charge in [-0.15, -0.1) is 11.3 Å². The van der Waals surface area contributed by atoms with E-state index in [1.165, 1.54) is 35.5 Å². The molecule has 2 aromatic heterocycles. The molecule has 108 valence electrons. The van der Waals surface area contributed by atoms with Crippen molar-refractivity contribution in [3.8, 4) is 0 Å². The highest BCUT2D eigenvalue weighted by atomic mass is 32.2. The Kier molecular flexibility index (Phi) is 4.09. The van der Waals surface area contributed by atoms with Gasteiger partial charge in [-0.2, -0.15) is 5.10 Å². The second-order valence-corrected chi connectivity index (χ2v) is 7.17. The van der Waals surface area contributed by atoms with Gasteiger partial charge in [-0.3, -0.25) is 14.2 Å². The summed E-state index contributed by atoms with van der Waals surface area (Å²) in [5.74, 6) is -0.462. The number of rotatable bonds is 5. The first-order valence-corrected chi connectivity index (χ1v) is 7.89. The fourth-order valence-corrected chi connectivity index (χ4v) is 3.77. The molecule has 2 rings (SSSR count). The second kappa shape index (κ2) is 5.63. The number of anilines is 1. The minimum atomic E-state index is -3.61. The Morgan fingerprint density at radius 2 is 2.25 bits per heavy atom. The van der Waals surface area contributed by atoms with Crippen molar-refractivity contribution >= 4 is 33.0 Å². The van der Waals surface area contributed by atoms with Crippen LogP contribution < -0.4 is 4.72 Å². The molecule has 2 heterocycles. The Hall–Kier alpha value is -1.87. The summed E-state index contributed by atoms with van der Waals surface area (Å²) in [6, 6.07) is 3.28. The third-order valence-electron chi connectivity index (χ3n) is 2.38. The van der Waals surface area contributed by atoms with E-state index in [1.807, 2.05) is 6.92 Å². The van der Waals surface area contributed by atoms with Gasteiger partial charge < -0.3 is 4.74 Å². The molecular weight excluding hydrogens is 302 g/mol. The fraction of sp³-hybridized carbons (Fsp3) is 0.273. The summed E-state index contributed by atoms with van der Waals surface area (Å²) in [5, 5.41) is 3.88. The van der Waals surface area contributed by atoms with Crippen LogP contribution in [-0.4, -0.2) is 31.3 Å². The largest absolute Gasteiger partial charge is 0.468 e. The van der Waals surface area contributed by atoms with Crippen LogP contribution in [0.15, 0.2) is 28.7 Å². The molecule has 0 aliphatic carbocycles. The monoisotopic (exact) mass is 315 g/mol. The van der Waals surface area contributed by atoms with Crippen LogP contribution in [0.4, 0.5) is 5.69 Å². The van der Waals surface area contributed by atoms with E-state index in [1.54, 1.807) is 12.1 Å². The van der Waals surface area contributed by atoms with Crippen molar-refractivity contribution in [3.63, 3.8) is 0 Å². The van der Waals surface area contributed by atoms with Gasteiger partial charge in [0.15, 0.2) is 0 Å². The summed E-state index contributed by atoms with van der Waals surface area (Å²) in [5.41, 5.74) is 0.292. The predicted octanol–water partition coefficient (Wildman–Crippen LogP) is 1.23. The number of hydrogen-bond donors (Lipinski definition) is 1.